The van der Waals surface area contributed by atoms with Crippen molar-refractivity contribution in [2.75, 3.05) is 0 Å². The third-order valence-electron chi connectivity index (χ3n) is 6.58. The highest BCUT2D eigenvalue weighted by Gasteiger charge is 2.44. The molecule has 4 aromatic carbocycles. The van der Waals surface area contributed by atoms with Gasteiger partial charge in [-0.05, 0) is 50.1 Å². The summed E-state index contributed by atoms with van der Waals surface area (Å²) in [5.41, 5.74) is 2.74. The van der Waals surface area contributed by atoms with E-state index in [-0.39, 0.29) is 0 Å². The van der Waals surface area contributed by atoms with Crippen LogP contribution in [0.5, 0.6) is 0 Å². The largest absolute Gasteiger partial charge is 0.256 e. The zero-order valence-electron chi connectivity index (χ0n) is 18.6. The van der Waals surface area contributed by atoms with Crippen LogP contribution in [0, 0.1) is 0 Å². The van der Waals surface area contributed by atoms with Crippen LogP contribution >= 0.6 is 0 Å². The first-order valence-corrected chi connectivity index (χ1v) is 13.3. The molecule has 0 bridgehead atoms. The van der Waals surface area contributed by atoms with E-state index in [1.165, 1.54) is 31.9 Å². The average Bonchev–Trinajstić information content (AvgIpc) is 2.86. The van der Waals surface area contributed by atoms with Crippen LogP contribution in [0.1, 0.15) is 13.8 Å². The number of benzene rings is 4. The number of nitrogens with zero attached hydrogens (tertiary/aromatic N) is 1. The SMILES string of the molecule is CC(C)[Si](c1ccccc1)(c1ccccc1)c1cc2ccccc2cc1-c1ccccn1. The summed E-state index contributed by atoms with van der Waals surface area (Å²) in [4.78, 5) is 4.80. The van der Waals surface area contributed by atoms with E-state index in [0.717, 1.165) is 5.69 Å². The fraction of sp³-hybridized carbons (Fsp3) is 0.100. The molecule has 5 rings (SSSR count). The summed E-state index contributed by atoms with van der Waals surface area (Å²) in [6.45, 7) is 4.78. The molecule has 0 amide bonds. The Morgan fingerprint density at radius 2 is 1.12 bits per heavy atom. The second kappa shape index (κ2) is 8.56. The smallest absolute Gasteiger partial charge is 0.151 e. The van der Waals surface area contributed by atoms with Crippen molar-refractivity contribution < 1.29 is 0 Å². The lowest BCUT2D eigenvalue weighted by molar-refractivity contribution is 1.04. The van der Waals surface area contributed by atoms with Crippen LogP contribution in [-0.4, -0.2) is 13.1 Å². The van der Waals surface area contributed by atoms with Crippen LogP contribution in [0.15, 0.2) is 121 Å². The number of fused-ring (bicyclic) bond motifs is 1. The third kappa shape index (κ3) is 3.37. The van der Waals surface area contributed by atoms with Gasteiger partial charge in [0, 0.05) is 11.8 Å². The second-order valence-corrected chi connectivity index (χ2v) is 13.1. The molecular formula is C30H27NSi. The highest BCUT2D eigenvalue weighted by molar-refractivity contribution is 7.13. The summed E-state index contributed by atoms with van der Waals surface area (Å²) < 4.78 is 0. The van der Waals surface area contributed by atoms with E-state index < -0.39 is 8.07 Å². The van der Waals surface area contributed by atoms with Gasteiger partial charge in [0.25, 0.3) is 0 Å². The van der Waals surface area contributed by atoms with Crippen LogP contribution in [0.4, 0.5) is 0 Å². The fourth-order valence-corrected chi connectivity index (χ4v) is 10.5. The summed E-state index contributed by atoms with van der Waals surface area (Å²) in [6, 6.07) is 42.0. The Labute approximate surface area is 191 Å². The maximum Gasteiger partial charge on any atom is 0.151 e. The van der Waals surface area contributed by atoms with Crippen molar-refractivity contribution in [3.63, 3.8) is 0 Å². The Kier molecular flexibility index (Phi) is 5.46. The van der Waals surface area contributed by atoms with Crippen molar-refractivity contribution in [1.82, 2.24) is 4.98 Å². The Bertz CT molecular complexity index is 1290. The molecule has 5 aromatic rings. The van der Waals surface area contributed by atoms with Crippen molar-refractivity contribution in [3.8, 4) is 11.3 Å². The van der Waals surface area contributed by atoms with E-state index in [9.17, 15) is 0 Å². The predicted molar refractivity (Wildman–Crippen MR) is 140 cm³/mol. The summed E-state index contributed by atoms with van der Waals surface area (Å²) in [5, 5.41) is 6.85. The maximum absolute atomic E-state index is 4.80. The van der Waals surface area contributed by atoms with Gasteiger partial charge >= 0.3 is 0 Å². The third-order valence-corrected chi connectivity index (χ3v) is 12.1. The molecule has 0 saturated carbocycles. The molecule has 2 heteroatoms. The quantitative estimate of drug-likeness (QED) is 0.255. The molecule has 1 nitrogen and oxygen atoms in total. The summed E-state index contributed by atoms with van der Waals surface area (Å²) in [5.74, 6) is 0. The molecule has 0 atom stereocenters. The normalized spacial score (nSPS) is 11.7. The van der Waals surface area contributed by atoms with Gasteiger partial charge in [0.05, 0.1) is 5.69 Å². The van der Waals surface area contributed by atoms with Crippen LogP contribution in [0.2, 0.25) is 5.54 Å². The van der Waals surface area contributed by atoms with Crippen LogP contribution in [-0.2, 0) is 0 Å². The van der Waals surface area contributed by atoms with E-state index in [4.69, 9.17) is 4.98 Å². The number of hydrogen-bond donors (Lipinski definition) is 0. The Morgan fingerprint density at radius 1 is 0.594 bits per heavy atom. The van der Waals surface area contributed by atoms with Gasteiger partial charge in [-0.3, -0.25) is 4.98 Å². The number of rotatable bonds is 5. The van der Waals surface area contributed by atoms with Crippen molar-refractivity contribution in [2.45, 2.75) is 19.4 Å². The zero-order valence-corrected chi connectivity index (χ0v) is 19.6. The monoisotopic (exact) mass is 429 g/mol. The number of hydrogen-bond acceptors (Lipinski definition) is 1. The van der Waals surface area contributed by atoms with E-state index in [1.54, 1.807) is 0 Å². The summed E-state index contributed by atoms with van der Waals surface area (Å²) in [7, 11) is -2.39. The van der Waals surface area contributed by atoms with Crippen LogP contribution in [0.3, 0.4) is 0 Å². The molecule has 0 unspecified atom stereocenters. The van der Waals surface area contributed by atoms with E-state index in [1.807, 2.05) is 12.3 Å². The van der Waals surface area contributed by atoms with Gasteiger partial charge in [0.15, 0.2) is 8.07 Å². The Morgan fingerprint density at radius 3 is 1.66 bits per heavy atom. The summed E-state index contributed by atoms with van der Waals surface area (Å²) >= 11 is 0. The second-order valence-electron chi connectivity index (χ2n) is 8.65. The van der Waals surface area contributed by atoms with E-state index in [2.05, 4.69) is 123 Å². The highest BCUT2D eigenvalue weighted by atomic mass is 28.3. The average molecular weight is 430 g/mol. The highest BCUT2D eigenvalue weighted by Crippen LogP contribution is 2.29. The molecule has 32 heavy (non-hydrogen) atoms. The van der Waals surface area contributed by atoms with E-state index >= 15 is 0 Å². The van der Waals surface area contributed by atoms with Crippen LogP contribution in [0.25, 0.3) is 22.0 Å². The molecule has 0 N–H and O–H groups in total. The molecule has 0 fully saturated rings. The topological polar surface area (TPSA) is 12.9 Å². The van der Waals surface area contributed by atoms with Gasteiger partial charge in [0.1, 0.15) is 0 Å². The standard InChI is InChI=1S/C30H27NSi/c1-23(2)32(26-15-5-3-6-16-26,27-17-7-4-8-18-27)30-22-25-14-10-9-13-24(25)21-28(30)29-19-11-12-20-31-29/h3-23H,1-2H3. The fourth-order valence-electron chi connectivity index (χ4n) is 5.16. The molecule has 0 aliphatic rings. The van der Waals surface area contributed by atoms with Crippen molar-refractivity contribution in [1.29, 1.82) is 0 Å². The predicted octanol–water partition coefficient (Wildman–Crippen LogP) is 5.78. The zero-order chi connectivity index (χ0) is 22.0. The molecule has 1 aromatic heterocycles. The first kappa shape index (κ1) is 20.4. The van der Waals surface area contributed by atoms with Gasteiger partial charge in [-0.15, -0.1) is 0 Å². The number of pyridine rings is 1. The van der Waals surface area contributed by atoms with Gasteiger partial charge < -0.3 is 0 Å². The van der Waals surface area contributed by atoms with Gasteiger partial charge in [-0.25, -0.2) is 0 Å². The Balaban J connectivity index is 1.95. The number of aromatic nitrogens is 1. The lowest BCUT2D eigenvalue weighted by Crippen LogP contribution is -2.69. The first-order valence-electron chi connectivity index (χ1n) is 11.3. The molecule has 156 valence electrons. The molecule has 0 aliphatic carbocycles. The molecule has 1 heterocycles. The van der Waals surface area contributed by atoms with Crippen LogP contribution < -0.4 is 15.6 Å². The van der Waals surface area contributed by atoms with Gasteiger partial charge in [-0.1, -0.05) is 111 Å². The molecule has 0 aliphatic heterocycles. The molecule has 0 radical (unpaired) electrons. The van der Waals surface area contributed by atoms with Gasteiger partial charge in [-0.2, -0.15) is 0 Å². The summed E-state index contributed by atoms with van der Waals surface area (Å²) in [6.07, 6.45) is 1.90. The van der Waals surface area contributed by atoms with Crippen molar-refractivity contribution >= 4 is 34.4 Å². The van der Waals surface area contributed by atoms with E-state index in [0.29, 0.717) is 5.54 Å². The minimum absolute atomic E-state index is 0.455. The molecular weight excluding hydrogens is 402 g/mol. The Hall–Kier alpha value is -3.49. The molecule has 0 spiro atoms. The van der Waals surface area contributed by atoms with Crippen molar-refractivity contribution in [2.24, 2.45) is 0 Å². The maximum atomic E-state index is 4.80. The van der Waals surface area contributed by atoms with Crippen molar-refractivity contribution in [3.05, 3.63) is 121 Å². The molecule has 0 saturated heterocycles. The minimum Gasteiger partial charge on any atom is -0.256 e. The lowest BCUT2D eigenvalue weighted by atomic mass is 10.0. The van der Waals surface area contributed by atoms with Gasteiger partial charge in [0.2, 0.25) is 0 Å². The minimum atomic E-state index is -2.39. The first-order chi connectivity index (χ1) is 15.7. The lowest BCUT2D eigenvalue weighted by Gasteiger charge is -2.39.